The van der Waals surface area contributed by atoms with Gasteiger partial charge in [0.2, 0.25) is 0 Å². The van der Waals surface area contributed by atoms with E-state index in [1.165, 1.54) is 43.8 Å². The molecule has 5 aromatic carbocycles. The van der Waals surface area contributed by atoms with Gasteiger partial charge in [0.15, 0.2) is 0 Å². The Morgan fingerprint density at radius 2 is 0.750 bits per heavy atom. The van der Waals surface area contributed by atoms with Gasteiger partial charge in [-0.25, -0.2) is 0 Å². The van der Waals surface area contributed by atoms with Gasteiger partial charge in [0.25, 0.3) is 0 Å². The van der Waals surface area contributed by atoms with Gasteiger partial charge in [-0.1, -0.05) is 109 Å². The third kappa shape index (κ3) is 3.54. The number of hydrogen-bond donors (Lipinski definition) is 0. The molecule has 0 saturated carbocycles. The van der Waals surface area contributed by atoms with Crippen molar-refractivity contribution in [2.24, 2.45) is 0 Å². The van der Waals surface area contributed by atoms with Gasteiger partial charge >= 0.3 is 0 Å². The lowest BCUT2D eigenvalue weighted by atomic mass is 9.97. The first-order valence-corrected chi connectivity index (χ1v) is 9.87. The topological polar surface area (TPSA) is 0 Å². The first-order valence-electron chi connectivity index (χ1n) is 9.87. The van der Waals surface area contributed by atoms with Crippen molar-refractivity contribution in [1.82, 2.24) is 0 Å². The molecule has 5 rings (SSSR count). The fraction of sp³-hybridized carbons (Fsp3) is 0.0714. The predicted molar refractivity (Wildman–Crippen MR) is 120 cm³/mol. The Labute approximate surface area is 166 Å². The zero-order valence-corrected chi connectivity index (χ0v) is 15.8. The highest BCUT2D eigenvalue weighted by Crippen LogP contribution is 2.21. The molecule has 0 atom stereocenters. The second-order valence-corrected chi connectivity index (χ2v) is 7.54. The Kier molecular flexibility index (Phi) is 4.39. The monoisotopic (exact) mass is 358 g/mol. The quantitative estimate of drug-likeness (QED) is 0.319. The predicted octanol–water partition coefficient (Wildman–Crippen LogP) is 7.17. The molecule has 0 saturated heterocycles. The number of rotatable bonds is 4. The van der Waals surface area contributed by atoms with Crippen molar-refractivity contribution in [3.05, 3.63) is 131 Å². The van der Waals surface area contributed by atoms with E-state index >= 15 is 0 Å². The zero-order chi connectivity index (χ0) is 18.8. The summed E-state index contributed by atoms with van der Waals surface area (Å²) in [6.07, 6.45) is 1.94. The molecule has 0 heteroatoms. The van der Waals surface area contributed by atoms with Crippen molar-refractivity contribution in [3.63, 3.8) is 0 Å². The van der Waals surface area contributed by atoms with E-state index in [1.807, 2.05) is 0 Å². The molecule has 0 aliphatic carbocycles. The Morgan fingerprint density at radius 1 is 0.321 bits per heavy atom. The van der Waals surface area contributed by atoms with Crippen LogP contribution < -0.4 is 0 Å². The highest BCUT2D eigenvalue weighted by atomic mass is 14.1. The zero-order valence-electron chi connectivity index (χ0n) is 15.8. The summed E-state index contributed by atoms with van der Waals surface area (Å²) in [5.41, 5.74) is 5.46. The van der Waals surface area contributed by atoms with Crippen molar-refractivity contribution in [1.29, 1.82) is 0 Å². The number of hydrogen-bond acceptors (Lipinski definition) is 0. The van der Waals surface area contributed by atoms with Crippen LogP contribution in [0.2, 0.25) is 0 Å². The van der Waals surface area contributed by atoms with Gasteiger partial charge in [0.05, 0.1) is 0 Å². The molecule has 0 N–H and O–H groups in total. The molecule has 0 fully saturated rings. The van der Waals surface area contributed by atoms with Crippen molar-refractivity contribution in [2.45, 2.75) is 12.8 Å². The Bertz CT molecular complexity index is 1170. The van der Waals surface area contributed by atoms with Crippen LogP contribution in [0.4, 0.5) is 0 Å². The summed E-state index contributed by atoms with van der Waals surface area (Å²) in [5.74, 6) is 0. The van der Waals surface area contributed by atoms with Gasteiger partial charge in [-0.15, -0.1) is 0 Å². The van der Waals surface area contributed by atoms with Gasteiger partial charge in [0, 0.05) is 0 Å². The SMILES string of the molecule is c1cc(Cc2ccc3ccccc3c2)cc(Cc2ccc3ccccc3c2)c1. The van der Waals surface area contributed by atoms with E-state index in [-0.39, 0.29) is 0 Å². The van der Waals surface area contributed by atoms with E-state index in [2.05, 4.69) is 109 Å². The molecular formula is C28H22. The smallest absolute Gasteiger partial charge is 0.00254 e. The van der Waals surface area contributed by atoms with Crippen LogP contribution in [0.15, 0.2) is 109 Å². The summed E-state index contributed by atoms with van der Waals surface area (Å²) < 4.78 is 0. The van der Waals surface area contributed by atoms with Crippen LogP contribution in [0.25, 0.3) is 21.5 Å². The molecule has 0 nitrogen and oxygen atoms in total. The molecule has 0 spiro atoms. The summed E-state index contributed by atoms with van der Waals surface area (Å²) >= 11 is 0. The minimum Gasteiger partial charge on any atom is -0.0617 e. The Morgan fingerprint density at radius 3 is 1.25 bits per heavy atom. The highest BCUT2D eigenvalue weighted by molar-refractivity contribution is 5.83. The van der Waals surface area contributed by atoms with Gasteiger partial charge in [-0.2, -0.15) is 0 Å². The Balaban J connectivity index is 1.39. The lowest BCUT2D eigenvalue weighted by Gasteiger charge is -2.08. The minimum absolute atomic E-state index is 0.969. The maximum absolute atomic E-state index is 2.35. The fourth-order valence-electron chi connectivity index (χ4n) is 4.02. The molecule has 0 aromatic heterocycles. The highest BCUT2D eigenvalue weighted by Gasteiger charge is 2.03. The average molecular weight is 358 g/mol. The largest absolute Gasteiger partial charge is 0.0617 e. The third-order valence-electron chi connectivity index (χ3n) is 5.44. The maximum Gasteiger partial charge on any atom is -0.00254 e. The van der Waals surface area contributed by atoms with Gasteiger partial charge in [-0.05, 0) is 56.6 Å². The lowest BCUT2D eigenvalue weighted by Crippen LogP contribution is -1.93. The van der Waals surface area contributed by atoms with Crippen molar-refractivity contribution in [2.75, 3.05) is 0 Å². The molecule has 0 bridgehead atoms. The van der Waals surface area contributed by atoms with Crippen LogP contribution in [0.1, 0.15) is 22.3 Å². The fourth-order valence-corrected chi connectivity index (χ4v) is 4.02. The average Bonchev–Trinajstić information content (AvgIpc) is 2.74. The summed E-state index contributed by atoms with van der Waals surface area (Å²) in [7, 11) is 0. The van der Waals surface area contributed by atoms with Gasteiger partial charge in [0.1, 0.15) is 0 Å². The van der Waals surface area contributed by atoms with Crippen LogP contribution in [-0.2, 0) is 12.8 Å². The first kappa shape index (κ1) is 16.8. The van der Waals surface area contributed by atoms with Gasteiger partial charge in [-0.3, -0.25) is 0 Å². The standard InChI is InChI=1S/C28H22/c1-3-10-27-19-23(12-14-25(27)8-1)17-21-6-5-7-22(16-21)18-24-13-15-26-9-2-4-11-28(26)20-24/h1-16,19-20H,17-18H2. The van der Waals surface area contributed by atoms with Gasteiger partial charge < -0.3 is 0 Å². The van der Waals surface area contributed by atoms with E-state index in [9.17, 15) is 0 Å². The van der Waals surface area contributed by atoms with E-state index in [0.29, 0.717) is 0 Å². The second kappa shape index (κ2) is 7.32. The van der Waals surface area contributed by atoms with Crippen molar-refractivity contribution < 1.29 is 0 Å². The van der Waals surface area contributed by atoms with Crippen LogP contribution in [0, 0.1) is 0 Å². The van der Waals surface area contributed by atoms with Crippen LogP contribution in [0.3, 0.4) is 0 Å². The third-order valence-corrected chi connectivity index (χ3v) is 5.44. The van der Waals surface area contributed by atoms with E-state index in [1.54, 1.807) is 0 Å². The molecule has 0 amide bonds. The Hall–Kier alpha value is -3.38. The molecule has 0 unspecified atom stereocenters. The maximum atomic E-state index is 2.35. The van der Waals surface area contributed by atoms with Crippen molar-refractivity contribution >= 4 is 21.5 Å². The minimum atomic E-state index is 0.969. The number of benzene rings is 5. The summed E-state index contributed by atoms with van der Waals surface area (Å²) in [6.45, 7) is 0. The van der Waals surface area contributed by atoms with E-state index in [4.69, 9.17) is 0 Å². The normalized spacial score (nSPS) is 11.1. The van der Waals surface area contributed by atoms with Crippen LogP contribution in [-0.4, -0.2) is 0 Å². The molecule has 5 aromatic rings. The van der Waals surface area contributed by atoms with E-state index < -0.39 is 0 Å². The molecule has 0 heterocycles. The molecular weight excluding hydrogens is 336 g/mol. The lowest BCUT2D eigenvalue weighted by molar-refractivity contribution is 1.14. The van der Waals surface area contributed by atoms with E-state index in [0.717, 1.165) is 12.8 Å². The van der Waals surface area contributed by atoms with Crippen LogP contribution >= 0.6 is 0 Å². The summed E-state index contributed by atoms with van der Waals surface area (Å²) in [5, 5.41) is 5.23. The van der Waals surface area contributed by atoms with Crippen molar-refractivity contribution in [3.8, 4) is 0 Å². The molecule has 0 aliphatic heterocycles. The summed E-state index contributed by atoms with van der Waals surface area (Å²) in [6, 6.07) is 39.7. The number of fused-ring (bicyclic) bond motifs is 2. The second-order valence-electron chi connectivity index (χ2n) is 7.54. The first-order chi connectivity index (χ1) is 13.8. The molecule has 28 heavy (non-hydrogen) atoms. The van der Waals surface area contributed by atoms with Crippen LogP contribution in [0.5, 0.6) is 0 Å². The molecule has 134 valence electrons. The summed E-state index contributed by atoms with van der Waals surface area (Å²) in [4.78, 5) is 0. The molecule has 0 aliphatic rings. The molecule has 0 radical (unpaired) electrons.